The van der Waals surface area contributed by atoms with Crippen molar-refractivity contribution in [2.75, 3.05) is 23.6 Å². The molecule has 0 bridgehead atoms. The minimum atomic E-state index is 0.250. The molecule has 0 radical (unpaired) electrons. The quantitative estimate of drug-likeness (QED) is 0.751. The number of fused-ring (bicyclic) bond motifs is 1. The van der Waals surface area contributed by atoms with Crippen molar-refractivity contribution in [3.8, 4) is 11.5 Å². The molecule has 0 saturated heterocycles. The van der Waals surface area contributed by atoms with E-state index in [0.717, 1.165) is 23.7 Å². The summed E-state index contributed by atoms with van der Waals surface area (Å²) in [5.74, 6) is 2.62. The standard InChI is InChI=1S/C19H19N5O2/c1-3-24(15-6-4-5-13(2)9-15)19-22-18(11-20-23-19)21-14-7-8-16-17(10-14)26-12-25-16/h4-11H,3,12H2,1-2H3,(H,21,22,23). The van der Waals surface area contributed by atoms with E-state index in [1.165, 1.54) is 5.56 Å². The second-order valence-electron chi connectivity index (χ2n) is 5.92. The van der Waals surface area contributed by atoms with Crippen LogP contribution in [0.3, 0.4) is 0 Å². The molecule has 3 aromatic rings. The molecular weight excluding hydrogens is 330 g/mol. The van der Waals surface area contributed by atoms with Crippen molar-refractivity contribution in [3.63, 3.8) is 0 Å². The van der Waals surface area contributed by atoms with Crippen molar-refractivity contribution in [1.29, 1.82) is 0 Å². The minimum absolute atomic E-state index is 0.250. The summed E-state index contributed by atoms with van der Waals surface area (Å²) in [5.41, 5.74) is 3.07. The highest BCUT2D eigenvalue weighted by molar-refractivity contribution is 5.63. The van der Waals surface area contributed by atoms with Crippen LogP contribution in [0.25, 0.3) is 0 Å². The van der Waals surface area contributed by atoms with E-state index in [1.807, 2.05) is 35.2 Å². The zero-order valence-electron chi connectivity index (χ0n) is 14.6. The second-order valence-corrected chi connectivity index (χ2v) is 5.92. The molecule has 1 aliphatic heterocycles. The summed E-state index contributed by atoms with van der Waals surface area (Å²) in [7, 11) is 0. The Kier molecular flexibility index (Phi) is 4.27. The van der Waals surface area contributed by atoms with Crippen molar-refractivity contribution in [3.05, 3.63) is 54.2 Å². The highest BCUT2D eigenvalue weighted by Crippen LogP contribution is 2.35. The van der Waals surface area contributed by atoms with Crippen LogP contribution in [0.5, 0.6) is 11.5 Å². The van der Waals surface area contributed by atoms with E-state index >= 15 is 0 Å². The molecule has 0 saturated carbocycles. The van der Waals surface area contributed by atoms with Crippen molar-refractivity contribution < 1.29 is 9.47 Å². The highest BCUT2D eigenvalue weighted by Gasteiger charge is 2.15. The first-order valence-electron chi connectivity index (χ1n) is 8.43. The molecular formula is C19H19N5O2. The molecule has 1 N–H and O–H groups in total. The molecule has 26 heavy (non-hydrogen) atoms. The Morgan fingerprint density at radius 3 is 2.85 bits per heavy atom. The van der Waals surface area contributed by atoms with Gasteiger partial charge in [0.15, 0.2) is 17.3 Å². The van der Waals surface area contributed by atoms with Gasteiger partial charge in [-0.15, -0.1) is 5.10 Å². The van der Waals surface area contributed by atoms with Gasteiger partial charge in [-0.1, -0.05) is 12.1 Å². The van der Waals surface area contributed by atoms with Crippen molar-refractivity contribution in [2.24, 2.45) is 0 Å². The van der Waals surface area contributed by atoms with Gasteiger partial charge in [0.25, 0.3) is 5.95 Å². The van der Waals surface area contributed by atoms with Gasteiger partial charge in [0.1, 0.15) is 0 Å². The maximum Gasteiger partial charge on any atom is 0.251 e. The van der Waals surface area contributed by atoms with Crippen molar-refractivity contribution in [2.45, 2.75) is 13.8 Å². The molecule has 7 nitrogen and oxygen atoms in total. The number of benzene rings is 2. The van der Waals surface area contributed by atoms with Crippen LogP contribution in [0, 0.1) is 6.92 Å². The first-order valence-corrected chi connectivity index (χ1v) is 8.43. The van der Waals surface area contributed by atoms with Crippen LogP contribution in [0.15, 0.2) is 48.7 Å². The van der Waals surface area contributed by atoms with Gasteiger partial charge in [0, 0.05) is 24.0 Å². The van der Waals surface area contributed by atoms with E-state index < -0.39 is 0 Å². The summed E-state index contributed by atoms with van der Waals surface area (Å²) < 4.78 is 10.7. The minimum Gasteiger partial charge on any atom is -0.454 e. The molecule has 7 heteroatoms. The van der Waals surface area contributed by atoms with Gasteiger partial charge in [-0.25, -0.2) is 0 Å². The number of hydrogen-bond acceptors (Lipinski definition) is 7. The molecule has 0 aliphatic carbocycles. The first-order chi connectivity index (χ1) is 12.7. The van der Waals surface area contributed by atoms with Crippen LogP contribution in [-0.4, -0.2) is 28.5 Å². The number of aryl methyl sites for hydroxylation is 1. The molecule has 2 aromatic carbocycles. The van der Waals surface area contributed by atoms with E-state index in [0.29, 0.717) is 17.5 Å². The van der Waals surface area contributed by atoms with Gasteiger partial charge in [-0.05, 0) is 43.7 Å². The van der Waals surface area contributed by atoms with Crippen molar-refractivity contribution >= 4 is 23.1 Å². The zero-order chi connectivity index (χ0) is 17.9. The normalized spacial score (nSPS) is 12.1. The molecule has 0 unspecified atom stereocenters. The molecule has 1 aliphatic rings. The smallest absolute Gasteiger partial charge is 0.251 e. The third-order valence-corrected chi connectivity index (χ3v) is 4.06. The molecule has 0 spiro atoms. The average molecular weight is 349 g/mol. The third kappa shape index (κ3) is 3.23. The monoisotopic (exact) mass is 349 g/mol. The van der Waals surface area contributed by atoms with Crippen LogP contribution in [0.1, 0.15) is 12.5 Å². The number of nitrogens with one attached hydrogen (secondary N) is 1. The SMILES string of the molecule is CCN(c1cccc(C)c1)c1nncc(Nc2ccc3c(c2)OCO3)n1. The first kappa shape index (κ1) is 16.1. The van der Waals surface area contributed by atoms with Gasteiger partial charge in [0.2, 0.25) is 6.79 Å². The van der Waals surface area contributed by atoms with Crippen LogP contribution in [-0.2, 0) is 0 Å². The maximum atomic E-state index is 5.41. The van der Waals surface area contributed by atoms with Crippen LogP contribution < -0.4 is 19.7 Å². The van der Waals surface area contributed by atoms with Crippen LogP contribution >= 0.6 is 0 Å². The van der Waals surface area contributed by atoms with Gasteiger partial charge >= 0.3 is 0 Å². The van der Waals surface area contributed by atoms with Gasteiger partial charge in [0.05, 0.1) is 6.20 Å². The lowest BCUT2D eigenvalue weighted by molar-refractivity contribution is 0.174. The molecule has 0 fully saturated rings. The van der Waals surface area contributed by atoms with Gasteiger partial charge < -0.3 is 19.7 Å². The van der Waals surface area contributed by atoms with E-state index in [1.54, 1.807) is 6.20 Å². The van der Waals surface area contributed by atoms with Gasteiger partial charge in [-0.2, -0.15) is 10.1 Å². The molecule has 4 rings (SSSR count). The summed E-state index contributed by atoms with van der Waals surface area (Å²) in [6.07, 6.45) is 1.60. The average Bonchev–Trinajstić information content (AvgIpc) is 3.11. The molecule has 0 atom stereocenters. The Morgan fingerprint density at radius 2 is 2.00 bits per heavy atom. The van der Waals surface area contributed by atoms with Crippen LogP contribution in [0.2, 0.25) is 0 Å². The largest absolute Gasteiger partial charge is 0.454 e. The number of aromatic nitrogens is 3. The lowest BCUT2D eigenvalue weighted by Crippen LogP contribution is -2.19. The third-order valence-electron chi connectivity index (χ3n) is 4.06. The second kappa shape index (κ2) is 6.87. The summed E-state index contributed by atoms with van der Waals surface area (Å²) in [6, 6.07) is 13.9. The molecule has 2 heterocycles. The van der Waals surface area contributed by atoms with Crippen LogP contribution in [0.4, 0.5) is 23.1 Å². The number of anilines is 4. The summed E-state index contributed by atoms with van der Waals surface area (Å²) in [6.45, 7) is 5.11. The fraction of sp³-hybridized carbons (Fsp3) is 0.211. The van der Waals surface area contributed by atoms with E-state index in [9.17, 15) is 0 Å². The Hall–Kier alpha value is -3.35. The summed E-state index contributed by atoms with van der Waals surface area (Å²) >= 11 is 0. The molecule has 1 aromatic heterocycles. The Labute approximate surface area is 151 Å². The summed E-state index contributed by atoms with van der Waals surface area (Å²) in [4.78, 5) is 6.63. The van der Waals surface area contributed by atoms with E-state index in [-0.39, 0.29) is 6.79 Å². The van der Waals surface area contributed by atoms with Crippen molar-refractivity contribution in [1.82, 2.24) is 15.2 Å². The summed E-state index contributed by atoms with van der Waals surface area (Å²) in [5, 5.41) is 11.5. The maximum absolute atomic E-state index is 5.41. The topological polar surface area (TPSA) is 72.4 Å². The lowest BCUT2D eigenvalue weighted by atomic mass is 10.2. The van der Waals surface area contributed by atoms with Gasteiger partial charge in [-0.3, -0.25) is 0 Å². The fourth-order valence-electron chi connectivity index (χ4n) is 2.83. The zero-order valence-corrected chi connectivity index (χ0v) is 14.6. The van der Waals surface area contributed by atoms with E-state index in [2.05, 4.69) is 46.5 Å². The number of nitrogens with zero attached hydrogens (tertiary/aromatic N) is 4. The Bertz CT molecular complexity index is 931. The Morgan fingerprint density at radius 1 is 1.12 bits per heavy atom. The predicted molar refractivity (Wildman–Crippen MR) is 99.5 cm³/mol. The highest BCUT2D eigenvalue weighted by atomic mass is 16.7. The molecule has 132 valence electrons. The Balaban J connectivity index is 1.59. The molecule has 0 amide bonds. The number of rotatable bonds is 5. The fourth-order valence-corrected chi connectivity index (χ4v) is 2.83. The van der Waals surface area contributed by atoms with E-state index in [4.69, 9.17) is 9.47 Å². The predicted octanol–water partition coefficient (Wildman–Crippen LogP) is 3.81. The number of hydrogen-bond donors (Lipinski definition) is 1. The lowest BCUT2D eigenvalue weighted by Gasteiger charge is -2.21. The number of ether oxygens (including phenoxy) is 2.